The van der Waals surface area contributed by atoms with Gasteiger partial charge in [0.25, 0.3) is 0 Å². The van der Waals surface area contributed by atoms with Crippen molar-refractivity contribution in [3.8, 4) is 0 Å². The number of fused-ring (bicyclic) bond motifs is 1. The maximum atomic E-state index is 12.9. The standard InChI is InChI=1S/C23H18O/c24-23-20-14-8-7-13-19(20)22(18-11-5-2-6-12-18)21(23)16-15-17-9-3-1-4-10-17/h1-14H,15-16H2. The third kappa shape index (κ3) is 2.59. The molecule has 0 saturated heterocycles. The molecule has 0 spiro atoms. The topological polar surface area (TPSA) is 17.1 Å². The summed E-state index contributed by atoms with van der Waals surface area (Å²) in [4.78, 5) is 12.9. The largest absolute Gasteiger partial charge is 0.289 e. The summed E-state index contributed by atoms with van der Waals surface area (Å²) < 4.78 is 0. The molecule has 0 radical (unpaired) electrons. The van der Waals surface area contributed by atoms with Gasteiger partial charge < -0.3 is 0 Å². The summed E-state index contributed by atoms with van der Waals surface area (Å²) in [6, 6.07) is 28.6. The summed E-state index contributed by atoms with van der Waals surface area (Å²) in [5.41, 5.74) is 6.33. The van der Waals surface area contributed by atoms with Gasteiger partial charge in [-0.2, -0.15) is 0 Å². The van der Waals surface area contributed by atoms with Crippen molar-refractivity contribution < 1.29 is 4.79 Å². The molecule has 4 rings (SSSR count). The zero-order valence-electron chi connectivity index (χ0n) is 13.4. The van der Waals surface area contributed by atoms with E-state index in [1.54, 1.807) is 0 Å². The van der Waals surface area contributed by atoms with Crippen LogP contribution in [0.25, 0.3) is 5.57 Å². The Labute approximate surface area is 142 Å². The zero-order chi connectivity index (χ0) is 16.4. The maximum absolute atomic E-state index is 12.9. The molecule has 0 unspecified atom stereocenters. The number of benzene rings is 3. The second-order valence-corrected chi connectivity index (χ2v) is 6.08. The zero-order valence-corrected chi connectivity index (χ0v) is 13.4. The average molecular weight is 310 g/mol. The molecule has 0 fully saturated rings. The van der Waals surface area contributed by atoms with Crippen molar-refractivity contribution in [2.45, 2.75) is 12.8 Å². The van der Waals surface area contributed by atoms with Gasteiger partial charge >= 0.3 is 0 Å². The third-order valence-corrected chi connectivity index (χ3v) is 4.59. The summed E-state index contributed by atoms with van der Waals surface area (Å²) in [5.74, 6) is 0.181. The predicted octanol–water partition coefficient (Wildman–Crippen LogP) is 5.32. The van der Waals surface area contributed by atoms with E-state index in [1.807, 2.05) is 54.6 Å². The molecule has 1 aliphatic carbocycles. The van der Waals surface area contributed by atoms with Crippen molar-refractivity contribution in [3.63, 3.8) is 0 Å². The molecule has 24 heavy (non-hydrogen) atoms. The molecular formula is C23H18O. The van der Waals surface area contributed by atoms with E-state index in [9.17, 15) is 4.79 Å². The molecule has 0 aromatic heterocycles. The van der Waals surface area contributed by atoms with Gasteiger partial charge in [-0.25, -0.2) is 0 Å². The Morgan fingerprint density at radius 2 is 1.17 bits per heavy atom. The number of rotatable bonds is 4. The number of aryl methyl sites for hydroxylation is 1. The molecular weight excluding hydrogens is 292 g/mol. The molecule has 0 atom stereocenters. The van der Waals surface area contributed by atoms with Crippen LogP contribution < -0.4 is 0 Å². The molecule has 1 nitrogen and oxygen atoms in total. The number of hydrogen-bond donors (Lipinski definition) is 0. The Hall–Kier alpha value is -2.93. The molecule has 0 saturated carbocycles. The number of ketones is 1. The highest BCUT2D eigenvalue weighted by Gasteiger charge is 2.29. The van der Waals surface area contributed by atoms with Gasteiger partial charge in [0.1, 0.15) is 0 Å². The Balaban J connectivity index is 1.77. The number of Topliss-reactive ketones (excluding diaryl/α,β-unsaturated/α-hetero) is 1. The lowest BCUT2D eigenvalue weighted by molar-refractivity contribution is 0.103. The molecule has 0 N–H and O–H groups in total. The van der Waals surface area contributed by atoms with Crippen LogP contribution in [-0.4, -0.2) is 5.78 Å². The Morgan fingerprint density at radius 3 is 1.88 bits per heavy atom. The summed E-state index contributed by atoms with van der Waals surface area (Å²) in [7, 11) is 0. The first-order chi connectivity index (χ1) is 11.8. The first kappa shape index (κ1) is 14.6. The summed E-state index contributed by atoms with van der Waals surface area (Å²) in [6.07, 6.45) is 1.65. The van der Waals surface area contributed by atoms with Gasteiger partial charge in [-0.3, -0.25) is 4.79 Å². The fourth-order valence-electron chi connectivity index (χ4n) is 3.42. The van der Waals surface area contributed by atoms with Crippen molar-refractivity contribution in [1.29, 1.82) is 0 Å². The quantitative estimate of drug-likeness (QED) is 0.637. The highest BCUT2D eigenvalue weighted by Crippen LogP contribution is 2.39. The molecule has 3 aromatic carbocycles. The molecule has 0 bridgehead atoms. The van der Waals surface area contributed by atoms with Crippen LogP contribution in [0, 0.1) is 0 Å². The SMILES string of the molecule is O=C1C(CCc2ccccc2)=C(c2ccccc2)c2ccccc21. The van der Waals surface area contributed by atoms with E-state index >= 15 is 0 Å². The van der Waals surface area contributed by atoms with Crippen LogP contribution in [-0.2, 0) is 6.42 Å². The second-order valence-electron chi connectivity index (χ2n) is 6.08. The van der Waals surface area contributed by atoms with Crippen LogP contribution in [0.2, 0.25) is 0 Å². The van der Waals surface area contributed by atoms with Gasteiger partial charge in [0.15, 0.2) is 5.78 Å². The Morgan fingerprint density at radius 1 is 0.583 bits per heavy atom. The normalized spacial score (nSPS) is 13.2. The van der Waals surface area contributed by atoms with E-state index in [4.69, 9.17) is 0 Å². The first-order valence-corrected chi connectivity index (χ1v) is 8.31. The van der Waals surface area contributed by atoms with Crippen LogP contribution in [0.15, 0.2) is 90.5 Å². The van der Waals surface area contributed by atoms with Crippen LogP contribution in [0.4, 0.5) is 0 Å². The van der Waals surface area contributed by atoms with Gasteiger partial charge in [0, 0.05) is 11.1 Å². The molecule has 3 aromatic rings. The number of carbonyl (C=O) groups is 1. The number of allylic oxidation sites excluding steroid dienone is 1. The maximum Gasteiger partial charge on any atom is 0.190 e. The molecule has 116 valence electrons. The van der Waals surface area contributed by atoms with Crippen molar-refractivity contribution in [1.82, 2.24) is 0 Å². The highest BCUT2D eigenvalue weighted by atomic mass is 16.1. The van der Waals surface area contributed by atoms with Crippen LogP contribution in [0.5, 0.6) is 0 Å². The number of hydrogen-bond acceptors (Lipinski definition) is 1. The van der Waals surface area contributed by atoms with Gasteiger partial charge in [-0.1, -0.05) is 84.9 Å². The average Bonchev–Trinajstić information content (AvgIpc) is 2.94. The fraction of sp³-hybridized carbons (Fsp3) is 0.0870. The van der Waals surface area contributed by atoms with Gasteiger partial charge in [0.2, 0.25) is 0 Å². The van der Waals surface area contributed by atoms with Crippen LogP contribution in [0.1, 0.15) is 33.5 Å². The lowest BCUT2D eigenvalue weighted by Gasteiger charge is -2.08. The van der Waals surface area contributed by atoms with E-state index in [0.717, 1.165) is 40.7 Å². The first-order valence-electron chi connectivity index (χ1n) is 8.31. The van der Waals surface area contributed by atoms with Crippen molar-refractivity contribution in [2.24, 2.45) is 0 Å². The highest BCUT2D eigenvalue weighted by molar-refractivity contribution is 6.22. The molecule has 1 heteroatoms. The van der Waals surface area contributed by atoms with E-state index in [1.165, 1.54) is 5.56 Å². The minimum Gasteiger partial charge on any atom is -0.289 e. The van der Waals surface area contributed by atoms with Gasteiger partial charge in [0.05, 0.1) is 0 Å². The van der Waals surface area contributed by atoms with Crippen molar-refractivity contribution in [2.75, 3.05) is 0 Å². The van der Waals surface area contributed by atoms with Crippen molar-refractivity contribution >= 4 is 11.4 Å². The smallest absolute Gasteiger partial charge is 0.190 e. The third-order valence-electron chi connectivity index (χ3n) is 4.59. The van der Waals surface area contributed by atoms with Crippen molar-refractivity contribution in [3.05, 3.63) is 113 Å². The number of carbonyl (C=O) groups excluding carboxylic acids is 1. The van der Waals surface area contributed by atoms with E-state index in [0.29, 0.717) is 0 Å². The van der Waals surface area contributed by atoms with Gasteiger partial charge in [-0.15, -0.1) is 0 Å². The van der Waals surface area contributed by atoms with E-state index in [-0.39, 0.29) is 5.78 Å². The van der Waals surface area contributed by atoms with E-state index in [2.05, 4.69) is 30.3 Å². The fourth-order valence-corrected chi connectivity index (χ4v) is 3.42. The van der Waals surface area contributed by atoms with Crippen LogP contribution in [0.3, 0.4) is 0 Å². The Bertz CT molecular complexity index is 905. The summed E-state index contributed by atoms with van der Waals surface area (Å²) in [6.45, 7) is 0. The summed E-state index contributed by atoms with van der Waals surface area (Å²) >= 11 is 0. The minimum atomic E-state index is 0.181. The predicted molar refractivity (Wildman–Crippen MR) is 98.0 cm³/mol. The van der Waals surface area contributed by atoms with Crippen LogP contribution >= 0.6 is 0 Å². The second kappa shape index (κ2) is 6.29. The summed E-state index contributed by atoms with van der Waals surface area (Å²) in [5, 5.41) is 0. The molecule has 0 aliphatic heterocycles. The molecule has 0 amide bonds. The Kier molecular flexibility index (Phi) is 3.84. The lowest BCUT2D eigenvalue weighted by Crippen LogP contribution is -2.00. The molecule has 1 aliphatic rings. The molecule has 0 heterocycles. The van der Waals surface area contributed by atoms with E-state index < -0.39 is 0 Å². The monoisotopic (exact) mass is 310 g/mol. The minimum absolute atomic E-state index is 0.181. The van der Waals surface area contributed by atoms with Gasteiger partial charge in [-0.05, 0) is 35.1 Å². The lowest BCUT2D eigenvalue weighted by atomic mass is 9.95.